The molecule has 4 aromatic rings. The van der Waals surface area contributed by atoms with Crippen LogP contribution in [0.5, 0.6) is 0 Å². The average molecular weight is 846 g/mol. The number of amides is 5. The third kappa shape index (κ3) is 8.34. The smallest absolute Gasteiger partial charge is 0.274 e. The van der Waals surface area contributed by atoms with Crippen LogP contribution in [0, 0.1) is 24.2 Å². The number of anilines is 2. The van der Waals surface area contributed by atoms with Gasteiger partial charge in [0.15, 0.2) is 0 Å². The molecule has 320 valence electrons. The summed E-state index contributed by atoms with van der Waals surface area (Å²) in [6.07, 6.45) is 10.8. The molecule has 1 spiro atoms. The number of hydrogen-bond acceptors (Lipinski definition) is 11. The summed E-state index contributed by atoms with van der Waals surface area (Å²) in [5.74, 6) is -0.519. The second-order valence-corrected chi connectivity index (χ2v) is 19.8. The summed E-state index contributed by atoms with van der Waals surface area (Å²) in [6.45, 7) is 9.48. The van der Waals surface area contributed by atoms with E-state index in [1.54, 1.807) is 43.4 Å². The van der Waals surface area contributed by atoms with Gasteiger partial charge < -0.3 is 20.6 Å². The lowest BCUT2D eigenvalue weighted by atomic mass is 9.57. The number of likely N-dealkylation sites (tertiary alicyclic amines) is 1. The minimum Gasteiger partial charge on any atom is -0.386 e. The van der Waals surface area contributed by atoms with Crippen molar-refractivity contribution in [3.63, 3.8) is 0 Å². The summed E-state index contributed by atoms with van der Waals surface area (Å²) in [5, 5.41) is 20.9. The summed E-state index contributed by atoms with van der Waals surface area (Å²) < 4.78 is 1.00. The third-order valence-corrected chi connectivity index (χ3v) is 15.2. The molecule has 1 atom stereocenters. The van der Waals surface area contributed by atoms with Crippen LogP contribution in [0.25, 0.3) is 10.2 Å². The number of aryl methyl sites for hydroxylation is 1. The normalized spacial score (nSPS) is 23.3. The fourth-order valence-corrected chi connectivity index (χ4v) is 11.8. The summed E-state index contributed by atoms with van der Waals surface area (Å²) in [6, 6.07) is 13.5. The molecule has 5 heterocycles. The van der Waals surface area contributed by atoms with Crippen molar-refractivity contribution in [2.75, 3.05) is 36.8 Å². The molecule has 3 aliphatic heterocycles. The van der Waals surface area contributed by atoms with Gasteiger partial charge in [0.2, 0.25) is 11.8 Å². The number of aromatic nitrogens is 2. The summed E-state index contributed by atoms with van der Waals surface area (Å²) in [7, 11) is 0. The molecular weight excluding hydrogens is 791 g/mol. The van der Waals surface area contributed by atoms with Crippen LogP contribution in [0.1, 0.15) is 138 Å². The van der Waals surface area contributed by atoms with Crippen molar-refractivity contribution in [2.45, 2.75) is 109 Å². The molecule has 0 bridgehead atoms. The Morgan fingerprint density at radius 1 is 0.934 bits per heavy atom. The number of pyridine rings is 1. The SMILES string of the molecule is Cc1cccc(C(=O)Nc2cc3sc(C4CCC(CN5CCC6(CC5)CC(CCNc5cccc7c5C(=O)N(C5CCC(=O)NC5=O)C7=O)C6)CC4)nc3cc2C(C)(C)O)n1. The zero-order valence-electron chi connectivity index (χ0n) is 35.2. The van der Waals surface area contributed by atoms with Crippen molar-refractivity contribution in [1.29, 1.82) is 0 Å². The number of thiazole rings is 1. The highest BCUT2D eigenvalue weighted by Gasteiger charge is 2.47. The quantitative estimate of drug-likeness (QED) is 0.114. The number of imide groups is 2. The van der Waals surface area contributed by atoms with Crippen molar-refractivity contribution in [3.8, 4) is 0 Å². The molecule has 1 unspecified atom stereocenters. The molecule has 4 N–H and O–H groups in total. The molecule has 2 aromatic heterocycles. The number of rotatable bonds is 11. The van der Waals surface area contributed by atoms with Gasteiger partial charge in [-0.3, -0.25) is 34.2 Å². The van der Waals surface area contributed by atoms with Crippen molar-refractivity contribution < 1.29 is 29.1 Å². The number of fused-ring (bicyclic) bond motifs is 2. The standard InChI is InChI=1S/C47H55N7O6S/c1-27-6-4-9-34(49-27)41(56)50-35-23-38-36(22-32(35)46(2,3)60)51-43(61-38)30-12-10-28(11-13-30)26-53-20-17-47(18-21-53)24-29(25-47)16-19-48-33-8-5-7-31-40(33)45(59)54(44(31)58)37-14-15-39(55)52-42(37)57/h4-9,22-23,28-30,37,48,60H,10-21,24-26H2,1-3H3,(H,50,56)(H,52,55,57). The molecule has 2 aliphatic carbocycles. The summed E-state index contributed by atoms with van der Waals surface area (Å²) in [4.78, 5) is 77.1. The van der Waals surface area contributed by atoms with E-state index in [4.69, 9.17) is 4.98 Å². The zero-order valence-corrected chi connectivity index (χ0v) is 36.0. The van der Waals surface area contributed by atoms with Gasteiger partial charge in [0, 0.05) is 48.1 Å². The molecular formula is C47H55N7O6S. The minimum absolute atomic E-state index is 0.0964. The second-order valence-electron chi connectivity index (χ2n) is 18.8. The topological polar surface area (TPSA) is 174 Å². The fourth-order valence-electron chi connectivity index (χ4n) is 10.6. The Balaban J connectivity index is 0.726. The van der Waals surface area contributed by atoms with Gasteiger partial charge in [-0.1, -0.05) is 12.1 Å². The highest BCUT2D eigenvalue weighted by atomic mass is 32.1. The van der Waals surface area contributed by atoms with Crippen LogP contribution in [-0.2, 0) is 15.2 Å². The van der Waals surface area contributed by atoms with Gasteiger partial charge in [-0.25, -0.2) is 9.97 Å². The first-order valence-electron chi connectivity index (χ1n) is 22.0. The molecule has 61 heavy (non-hydrogen) atoms. The van der Waals surface area contributed by atoms with Gasteiger partial charge >= 0.3 is 0 Å². The predicted octanol–water partition coefficient (Wildman–Crippen LogP) is 7.15. The second kappa shape index (κ2) is 16.3. The van der Waals surface area contributed by atoms with Crippen LogP contribution in [0.2, 0.25) is 0 Å². The number of carbonyl (C=O) groups excluding carboxylic acids is 5. The molecule has 2 saturated carbocycles. The minimum atomic E-state index is -1.17. The lowest BCUT2D eigenvalue weighted by molar-refractivity contribution is -0.136. The van der Waals surface area contributed by atoms with Crippen molar-refractivity contribution >= 4 is 62.5 Å². The first-order valence-corrected chi connectivity index (χ1v) is 22.8. The maximum Gasteiger partial charge on any atom is 0.274 e. The zero-order chi connectivity index (χ0) is 42.6. The fraction of sp³-hybridized carbons (Fsp3) is 0.511. The molecule has 14 heteroatoms. The number of piperidine rings is 2. The highest BCUT2D eigenvalue weighted by molar-refractivity contribution is 7.18. The Hall–Kier alpha value is -5.05. The molecule has 2 aromatic carbocycles. The molecule has 4 fully saturated rings. The number of aliphatic hydroxyl groups is 1. The van der Waals surface area contributed by atoms with E-state index in [1.165, 1.54) is 38.5 Å². The van der Waals surface area contributed by atoms with E-state index in [-0.39, 0.29) is 24.7 Å². The molecule has 9 rings (SSSR count). The first kappa shape index (κ1) is 41.3. The molecule has 5 amide bonds. The first-order chi connectivity index (χ1) is 29.2. The maximum absolute atomic E-state index is 13.5. The van der Waals surface area contributed by atoms with Crippen molar-refractivity contribution in [3.05, 3.63) is 81.6 Å². The van der Waals surface area contributed by atoms with Crippen LogP contribution in [-0.4, -0.2) is 86.6 Å². The van der Waals surface area contributed by atoms with E-state index >= 15 is 0 Å². The van der Waals surface area contributed by atoms with E-state index in [2.05, 4.69) is 25.8 Å². The van der Waals surface area contributed by atoms with Gasteiger partial charge in [0.05, 0.1) is 32.0 Å². The molecule has 0 radical (unpaired) electrons. The van der Waals surface area contributed by atoms with Crippen molar-refractivity contribution in [2.24, 2.45) is 17.3 Å². The van der Waals surface area contributed by atoms with E-state index in [1.807, 2.05) is 37.3 Å². The lowest BCUT2D eigenvalue weighted by Gasteiger charge is -2.53. The summed E-state index contributed by atoms with van der Waals surface area (Å²) in [5.41, 5.74) is 3.68. The van der Waals surface area contributed by atoms with E-state index in [0.29, 0.717) is 63.5 Å². The predicted molar refractivity (Wildman–Crippen MR) is 234 cm³/mol. The third-order valence-electron chi connectivity index (χ3n) is 14.0. The Bertz CT molecular complexity index is 2400. The number of carbonyl (C=O) groups is 5. The van der Waals surface area contributed by atoms with Crippen molar-refractivity contribution in [1.82, 2.24) is 25.1 Å². The number of benzene rings is 2. The summed E-state index contributed by atoms with van der Waals surface area (Å²) >= 11 is 1.70. The van der Waals surface area contributed by atoms with E-state index in [0.717, 1.165) is 64.7 Å². The highest BCUT2D eigenvalue weighted by Crippen LogP contribution is 2.54. The van der Waals surface area contributed by atoms with Gasteiger partial charge in [-0.2, -0.15) is 0 Å². The maximum atomic E-state index is 13.5. The number of nitrogens with zero attached hydrogens (tertiary/aromatic N) is 4. The lowest BCUT2D eigenvalue weighted by Crippen LogP contribution is -2.54. The van der Waals surface area contributed by atoms with Gasteiger partial charge in [0.25, 0.3) is 17.7 Å². The van der Waals surface area contributed by atoms with Crippen LogP contribution < -0.4 is 16.0 Å². The number of nitrogens with one attached hydrogen (secondary N) is 3. The molecule has 5 aliphatic rings. The van der Waals surface area contributed by atoms with Crippen LogP contribution in [0.3, 0.4) is 0 Å². The molecule has 2 saturated heterocycles. The monoisotopic (exact) mass is 845 g/mol. The number of hydrogen-bond donors (Lipinski definition) is 4. The van der Waals surface area contributed by atoms with Crippen LogP contribution >= 0.6 is 11.3 Å². The average Bonchev–Trinajstić information content (AvgIpc) is 3.75. The Kier molecular flexibility index (Phi) is 11.1. The van der Waals surface area contributed by atoms with Gasteiger partial charge in [-0.05, 0) is 152 Å². The van der Waals surface area contributed by atoms with Crippen LogP contribution in [0.15, 0.2) is 48.5 Å². The van der Waals surface area contributed by atoms with E-state index in [9.17, 15) is 29.1 Å². The molecule has 13 nitrogen and oxygen atoms in total. The van der Waals surface area contributed by atoms with Crippen LogP contribution in [0.4, 0.5) is 11.4 Å². The largest absolute Gasteiger partial charge is 0.386 e. The van der Waals surface area contributed by atoms with Gasteiger partial charge in [-0.15, -0.1) is 11.3 Å². The Morgan fingerprint density at radius 2 is 1.69 bits per heavy atom. The van der Waals surface area contributed by atoms with Gasteiger partial charge in [0.1, 0.15) is 11.7 Å². The Morgan fingerprint density at radius 3 is 2.41 bits per heavy atom. The van der Waals surface area contributed by atoms with E-state index < -0.39 is 29.4 Å². The Labute approximate surface area is 360 Å².